The molecule has 1 nitrogen and oxygen atoms in total. The largest absolute Gasteiger partial charge is 0.312 e. The molecule has 2 fully saturated rings. The summed E-state index contributed by atoms with van der Waals surface area (Å²) in [7, 11) is 0. The molecule has 0 spiro atoms. The van der Waals surface area contributed by atoms with Gasteiger partial charge in [-0.1, -0.05) is 6.42 Å². The van der Waals surface area contributed by atoms with Gasteiger partial charge in [0, 0.05) is 16.3 Å². The Hall–Kier alpha value is -0.340. The molecule has 2 bridgehead atoms. The lowest BCUT2D eigenvalue weighted by molar-refractivity contribution is 0.318. The highest BCUT2D eigenvalue weighted by atomic mass is 32.1. The van der Waals surface area contributed by atoms with Crippen LogP contribution in [-0.2, 0) is 6.54 Å². The van der Waals surface area contributed by atoms with Crippen molar-refractivity contribution in [3.63, 3.8) is 0 Å². The first kappa shape index (κ1) is 11.7. The lowest BCUT2D eigenvalue weighted by Crippen LogP contribution is -2.26. The number of rotatable bonds is 4. The first-order valence-electron chi connectivity index (χ1n) is 6.99. The highest BCUT2D eigenvalue weighted by molar-refractivity contribution is 7.12. The number of thiophene rings is 1. The predicted octanol–water partition coefficient (Wildman–Crippen LogP) is 3.89. The van der Waals surface area contributed by atoms with Gasteiger partial charge in [0.1, 0.15) is 0 Å². The maximum Gasteiger partial charge on any atom is 0.0216 e. The van der Waals surface area contributed by atoms with Crippen LogP contribution in [0.5, 0.6) is 0 Å². The minimum atomic E-state index is 0.980. The Morgan fingerprint density at radius 2 is 2.18 bits per heavy atom. The Bertz CT molecular complexity index is 396. The molecule has 0 aromatic carbocycles. The van der Waals surface area contributed by atoms with Gasteiger partial charge in [0.15, 0.2) is 0 Å². The normalized spacial score (nSPS) is 31.3. The third kappa shape index (κ3) is 2.43. The molecular formula is C15H23NS. The van der Waals surface area contributed by atoms with Crippen molar-refractivity contribution in [3.8, 4) is 0 Å². The lowest BCUT2D eigenvalue weighted by Gasteiger charge is -2.21. The van der Waals surface area contributed by atoms with Crippen LogP contribution < -0.4 is 5.32 Å². The Balaban J connectivity index is 1.48. The monoisotopic (exact) mass is 249 g/mol. The zero-order valence-corrected chi connectivity index (χ0v) is 11.8. The second-order valence-corrected chi connectivity index (χ2v) is 7.46. The van der Waals surface area contributed by atoms with E-state index in [0.717, 1.165) is 24.3 Å². The van der Waals surface area contributed by atoms with Crippen molar-refractivity contribution >= 4 is 11.3 Å². The van der Waals surface area contributed by atoms with Gasteiger partial charge in [0.25, 0.3) is 0 Å². The SMILES string of the molecule is Cc1cc(CNCC2CC3CCC2C3)c(C)s1. The number of aryl methyl sites for hydroxylation is 2. The summed E-state index contributed by atoms with van der Waals surface area (Å²) in [6.07, 6.45) is 6.06. The fourth-order valence-electron chi connectivity index (χ4n) is 3.88. The number of nitrogens with one attached hydrogen (secondary N) is 1. The van der Waals surface area contributed by atoms with Crippen molar-refractivity contribution in [2.75, 3.05) is 6.54 Å². The molecule has 2 aliphatic rings. The highest BCUT2D eigenvalue weighted by Gasteiger charge is 2.38. The summed E-state index contributed by atoms with van der Waals surface area (Å²) in [5.74, 6) is 3.11. The lowest BCUT2D eigenvalue weighted by atomic mass is 9.89. The smallest absolute Gasteiger partial charge is 0.0216 e. The van der Waals surface area contributed by atoms with Crippen LogP contribution in [0.15, 0.2) is 6.07 Å². The molecule has 0 aliphatic heterocycles. The Morgan fingerprint density at radius 3 is 2.76 bits per heavy atom. The van der Waals surface area contributed by atoms with Crippen LogP contribution in [-0.4, -0.2) is 6.54 Å². The standard InChI is InChI=1S/C15H23NS/c1-10-5-14(11(2)17-10)8-16-9-15-7-12-3-4-13(15)6-12/h5,12-13,15-16H,3-4,6-9H2,1-2H3. The summed E-state index contributed by atoms with van der Waals surface area (Å²) >= 11 is 1.92. The van der Waals surface area contributed by atoms with Crippen LogP contribution in [0, 0.1) is 31.6 Å². The summed E-state index contributed by atoms with van der Waals surface area (Å²) in [4.78, 5) is 2.93. The van der Waals surface area contributed by atoms with E-state index in [1.807, 2.05) is 11.3 Å². The average Bonchev–Trinajstić information content (AvgIpc) is 2.95. The molecule has 1 N–H and O–H groups in total. The fraction of sp³-hybridized carbons (Fsp3) is 0.733. The summed E-state index contributed by atoms with van der Waals surface area (Å²) in [5, 5.41) is 3.69. The van der Waals surface area contributed by atoms with Crippen molar-refractivity contribution in [2.24, 2.45) is 17.8 Å². The van der Waals surface area contributed by atoms with Gasteiger partial charge in [-0.3, -0.25) is 0 Å². The third-order valence-electron chi connectivity index (χ3n) is 4.75. The van der Waals surface area contributed by atoms with E-state index in [4.69, 9.17) is 0 Å². The van der Waals surface area contributed by atoms with Crippen molar-refractivity contribution in [1.29, 1.82) is 0 Å². The maximum atomic E-state index is 3.69. The Kier molecular flexibility index (Phi) is 3.27. The molecule has 1 aromatic rings. The highest BCUT2D eigenvalue weighted by Crippen LogP contribution is 2.47. The predicted molar refractivity (Wildman–Crippen MR) is 74.4 cm³/mol. The average molecular weight is 249 g/mol. The van der Waals surface area contributed by atoms with E-state index >= 15 is 0 Å². The summed E-state index contributed by atoms with van der Waals surface area (Å²) in [6, 6.07) is 2.34. The van der Waals surface area contributed by atoms with Gasteiger partial charge < -0.3 is 5.32 Å². The molecule has 94 valence electrons. The van der Waals surface area contributed by atoms with Gasteiger partial charge in [0.2, 0.25) is 0 Å². The van der Waals surface area contributed by atoms with Crippen molar-refractivity contribution in [2.45, 2.75) is 46.1 Å². The van der Waals surface area contributed by atoms with Gasteiger partial charge in [-0.25, -0.2) is 0 Å². The van der Waals surface area contributed by atoms with Gasteiger partial charge >= 0.3 is 0 Å². The zero-order valence-electron chi connectivity index (χ0n) is 11.0. The number of hydrogen-bond donors (Lipinski definition) is 1. The van der Waals surface area contributed by atoms with E-state index in [1.54, 1.807) is 0 Å². The maximum absolute atomic E-state index is 3.69. The van der Waals surface area contributed by atoms with Crippen LogP contribution in [0.3, 0.4) is 0 Å². The van der Waals surface area contributed by atoms with Crippen molar-refractivity contribution < 1.29 is 0 Å². The molecule has 1 heterocycles. The quantitative estimate of drug-likeness (QED) is 0.853. The van der Waals surface area contributed by atoms with Crippen molar-refractivity contribution in [3.05, 3.63) is 21.4 Å². The molecule has 0 saturated heterocycles. The first-order chi connectivity index (χ1) is 8.22. The topological polar surface area (TPSA) is 12.0 Å². The minimum absolute atomic E-state index is 0.980. The Labute approximate surface area is 109 Å². The van der Waals surface area contributed by atoms with Gasteiger partial charge in [-0.2, -0.15) is 0 Å². The van der Waals surface area contributed by atoms with E-state index in [1.165, 1.54) is 47.5 Å². The molecule has 1 aromatic heterocycles. The summed E-state index contributed by atoms with van der Waals surface area (Å²) in [6.45, 7) is 6.77. The van der Waals surface area contributed by atoms with Crippen molar-refractivity contribution in [1.82, 2.24) is 5.32 Å². The van der Waals surface area contributed by atoms with Gasteiger partial charge in [-0.05, 0) is 69.0 Å². The molecule has 17 heavy (non-hydrogen) atoms. The van der Waals surface area contributed by atoms with E-state index in [0.29, 0.717) is 0 Å². The van der Waals surface area contributed by atoms with E-state index in [-0.39, 0.29) is 0 Å². The summed E-state index contributed by atoms with van der Waals surface area (Å²) < 4.78 is 0. The van der Waals surface area contributed by atoms with Crippen LogP contribution >= 0.6 is 11.3 Å². The number of hydrogen-bond acceptors (Lipinski definition) is 2. The van der Waals surface area contributed by atoms with Crippen LogP contribution in [0.2, 0.25) is 0 Å². The zero-order chi connectivity index (χ0) is 11.8. The van der Waals surface area contributed by atoms with Crippen LogP contribution in [0.4, 0.5) is 0 Å². The van der Waals surface area contributed by atoms with Crippen LogP contribution in [0.25, 0.3) is 0 Å². The molecule has 3 atom stereocenters. The van der Waals surface area contributed by atoms with E-state index in [9.17, 15) is 0 Å². The molecule has 2 heteroatoms. The van der Waals surface area contributed by atoms with Gasteiger partial charge in [0.05, 0.1) is 0 Å². The first-order valence-corrected chi connectivity index (χ1v) is 7.80. The molecule has 2 aliphatic carbocycles. The minimum Gasteiger partial charge on any atom is -0.312 e. The molecule has 3 unspecified atom stereocenters. The Morgan fingerprint density at radius 1 is 1.29 bits per heavy atom. The fourth-order valence-corrected chi connectivity index (χ4v) is 4.82. The molecule has 0 radical (unpaired) electrons. The molecule has 0 amide bonds. The summed E-state index contributed by atoms with van der Waals surface area (Å²) in [5.41, 5.74) is 1.51. The molecular weight excluding hydrogens is 226 g/mol. The van der Waals surface area contributed by atoms with Crippen LogP contribution in [0.1, 0.15) is 41.0 Å². The molecule has 3 rings (SSSR count). The second-order valence-electron chi connectivity index (χ2n) is 6.00. The second kappa shape index (κ2) is 4.74. The number of fused-ring (bicyclic) bond motifs is 2. The third-order valence-corrected chi connectivity index (χ3v) is 5.76. The molecule has 2 saturated carbocycles. The van der Waals surface area contributed by atoms with Gasteiger partial charge in [-0.15, -0.1) is 11.3 Å². The van der Waals surface area contributed by atoms with E-state index < -0.39 is 0 Å². The van der Waals surface area contributed by atoms with E-state index in [2.05, 4.69) is 25.2 Å².